The highest BCUT2D eigenvalue weighted by molar-refractivity contribution is 8.00. The van der Waals surface area contributed by atoms with Crippen LogP contribution in [0.5, 0.6) is 0 Å². The lowest BCUT2D eigenvalue weighted by Crippen LogP contribution is -2.28. The molecule has 3 rings (SSSR count). The van der Waals surface area contributed by atoms with E-state index in [0.29, 0.717) is 10.8 Å². The zero-order chi connectivity index (χ0) is 18.8. The summed E-state index contributed by atoms with van der Waals surface area (Å²) in [5.41, 5.74) is 2.22. The maximum absolute atomic E-state index is 12.4. The zero-order valence-electron chi connectivity index (χ0n) is 15.1. The second kappa shape index (κ2) is 7.94. The summed E-state index contributed by atoms with van der Waals surface area (Å²) in [7, 11) is 0. The molecule has 0 radical (unpaired) electrons. The maximum atomic E-state index is 12.4. The molecule has 0 aliphatic rings. The third kappa shape index (κ3) is 4.19. The number of nitrogens with zero attached hydrogens (tertiary/aromatic N) is 2. The van der Waals surface area contributed by atoms with Crippen LogP contribution in [0.2, 0.25) is 5.02 Å². The van der Waals surface area contributed by atoms with E-state index in [0.717, 1.165) is 26.6 Å². The SMILES string of the molecule is Cc1nc(SCC(=O)N[C@@H](C)c2ccc(Cl)cc2)c2c(C)c(C)sc2n1. The van der Waals surface area contributed by atoms with Crippen LogP contribution < -0.4 is 5.32 Å². The first-order valence-corrected chi connectivity index (χ1v) is 10.4. The molecule has 7 heteroatoms. The molecule has 136 valence electrons. The second-order valence-corrected chi connectivity index (χ2v) is 8.77. The first-order valence-electron chi connectivity index (χ1n) is 8.27. The van der Waals surface area contributed by atoms with Gasteiger partial charge in [0.1, 0.15) is 15.7 Å². The minimum absolute atomic E-state index is 0.0218. The van der Waals surface area contributed by atoms with E-state index in [-0.39, 0.29) is 11.9 Å². The summed E-state index contributed by atoms with van der Waals surface area (Å²) in [6.07, 6.45) is 0. The van der Waals surface area contributed by atoms with Gasteiger partial charge in [-0.2, -0.15) is 0 Å². The molecule has 0 saturated heterocycles. The molecular weight excluding hydrogens is 386 g/mol. The van der Waals surface area contributed by atoms with Crippen molar-refractivity contribution in [3.63, 3.8) is 0 Å². The molecule has 0 unspecified atom stereocenters. The number of thiophene rings is 1. The number of nitrogens with one attached hydrogen (secondary N) is 1. The lowest BCUT2D eigenvalue weighted by Gasteiger charge is -2.14. The molecule has 0 aliphatic heterocycles. The van der Waals surface area contributed by atoms with Gasteiger partial charge in [0.15, 0.2) is 0 Å². The maximum Gasteiger partial charge on any atom is 0.230 e. The van der Waals surface area contributed by atoms with E-state index in [2.05, 4.69) is 29.1 Å². The van der Waals surface area contributed by atoms with Gasteiger partial charge in [0, 0.05) is 15.3 Å². The predicted octanol–water partition coefficient (Wildman–Crippen LogP) is 5.24. The standard InChI is InChI=1S/C19H20ClN3OS2/c1-10-12(3)26-19-17(10)18(22-13(4)23-19)25-9-16(24)21-11(2)14-5-7-15(20)8-6-14/h5-8,11H,9H2,1-4H3,(H,21,24)/t11-/m0/s1. The van der Waals surface area contributed by atoms with Gasteiger partial charge < -0.3 is 5.32 Å². The van der Waals surface area contributed by atoms with Gasteiger partial charge in [-0.05, 0) is 51.0 Å². The Morgan fingerprint density at radius 1 is 1.23 bits per heavy atom. The average Bonchev–Trinajstić information content (AvgIpc) is 2.87. The number of aryl methyl sites for hydroxylation is 3. The van der Waals surface area contributed by atoms with Crippen molar-refractivity contribution in [2.75, 3.05) is 5.75 Å². The fraction of sp³-hybridized carbons (Fsp3) is 0.316. The van der Waals surface area contributed by atoms with Crippen LogP contribution in [0.15, 0.2) is 29.3 Å². The molecule has 1 aromatic carbocycles. The van der Waals surface area contributed by atoms with Gasteiger partial charge in [0.05, 0.1) is 11.8 Å². The quantitative estimate of drug-likeness (QED) is 0.465. The summed E-state index contributed by atoms with van der Waals surface area (Å²) >= 11 is 9.05. The number of thioether (sulfide) groups is 1. The first-order chi connectivity index (χ1) is 12.3. The summed E-state index contributed by atoms with van der Waals surface area (Å²) in [4.78, 5) is 23.7. The van der Waals surface area contributed by atoms with E-state index in [9.17, 15) is 4.79 Å². The van der Waals surface area contributed by atoms with Gasteiger partial charge in [0.25, 0.3) is 0 Å². The summed E-state index contributed by atoms with van der Waals surface area (Å²) in [5.74, 6) is 1.03. The molecule has 0 aliphatic carbocycles. The van der Waals surface area contributed by atoms with Crippen LogP contribution in [0.3, 0.4) is 0 Å². The summed E-state index contributed by atoms with van der Waals surface area (Å²) < 4.78 is 0. The third-order valence-corrected chi connectivity index (χ3v) is 6.52. The summed E-state index contributed by atoms with van der Waals surface area (Å²) in [6, 6.07) is 7.44. The van der Waals surface area contributed by atoms with Crippen molar-refractivity contribution in [1.29, 1.82) is 0 Å². The van der Waals surface area contributed by atoms with E-state index in [1.165, 1.54) is 22.2 Å². The minimum Gasteiger partial charge on any atom is -0.349 e. The highest BCUT2D eigenvalue weighted by atomic mass is 35.5. The van der Waals surface area contributed by atoms with Crippen LogP contribution in [0.4, 0.5) is 0 Å². The molecule has 26 heavy (non-hydrogen) atoms. The van der Waals surface area contributed by atoms with Gasteiger partial charge in [-0.25, -0.2) is 9.97 Å². The van der Waals surface area contributed by atoms with Crippen LogP contribution in [-0.4, -0.2) is 21.6 Å². The number of hydrogen-bond acceptors (Lipinski definition) is 5. The largest absolute Gasteiger partial charge is 0.349 e. The molecule has 0 spiro atoms. The topological polar surface area (TPSA) is 54.9 Å². The number of carbonyl (C=O) groups is 1. The number of hydrogen-bond donors (Lipinski definition) is 1. The molecule has 2 heterocycles. The van der Waals surface area contributed by atoms with Crippen molar-refractivity contribution in [1.82, 2.24) is 15.3 Å². The molecule has 0 bridgehead atoms. The number of fused-ring (bicyclic) bond motifs is 1. The Kier molecular flexibility index (Phi) is 5.85. The Morgan fingerprint density at radius 3 is 2.62 bits per heavy atom. The number of carbonyl (C=O) groups excluding carboxylic acids is 1. The average molecular weight is 406 g/mol. The molecule has 3 aromatic rings. The van der Waals surface area contributed by atoms with Gasteiger partial charge in [-0.15, -0.1) is 11.3 Å². The molecule has 1 N–H and O–H groups in total. The minimum atomic E-state index is -0.0716. The molecule has 1 atom stereocenters. The Labute approximate surface area is 166 Å². The molecule has 2 aromatic heterocycles. The number of aromatic nitrogens is 2. The van der Waals surface area contributed by atoms with Crippen LogP contribution in [0.25, 0.3) is 10.2 Å². The van der Waals surface area contributed by atoms with E-state index in [1.807, 2.05) is 38.1 Å². The highest BCUT2D eigenvalue weighted by Crippen LogP contribution is 2.35. The Hall–Kier alpha value is -1.63. The molecule has 4 nitrogen and oxygen atoms in total. The van der Waals surface area contributed by atoms with E-state index in [4.69, 9.17) is 11.6 Å². The third-order valence-electron chi connectivity index (χ3n) is 4.19. The Balaban J connectivity index is 1.70. The highest BCUT2D eigenvalue weighted by Gasteiger charge is 2.16. The second-order valence-electron chi connectivity index (χ2n) is 6.17. The molecular formula is C19H20ClN3OS2. The van der Waals surface area contributed by atoms with Crippen molar-refractivity contribution >= 4 is 50.8 Å². The van der Waals surface area contributed by atoms with E-state index < -0.39 is 0 Å². The normalized spacial score (nSPS) is 12.3. The predicted molar refractivity (Wildman–Crippen MR) is 110 cm³/mol. The number of rotatable bonds is 5. The van der Waals surface area contributed by atoms with Crippen molar-refractivity contribution in [2.45, 2.75) is 38.8 Å². The molecule has 0 fully saturated rings. The van der Waals surface area contributed by atoms with Gasteiger partial charge in [-0.3, -0.25) is 4.79 Å². The fourth-order valence-corrected chi connectivity index (χ4v) is 4.88. The van der Waals surface area contributed by atoms with E-state index in [1.54, 1.807) is 11.3 Å². The summed E-state index contributed by atoms with van der Waals surface area (Å²) in [6.45, 7) is 8.02. The van der Waals surface area contributed by atoms with Gasteiger partial charge in [-0.1, -0.05) is 35.5 Å². The van der Waals surface area contributed by atoms with Crippen LogP contribution >= 0.6 is 34.7 Å². The summed E-state index contributed by atoms with van der Waals surface area (Å²) in [5, 5.41) is 5.66. The first kappa shape index (κ1) is 19.1. The number of benzene rings is 1. The fourth-order valence-electron chi connectivity index (χ4n) is 2.67. The van der Waals surface area contributed by atoms with Crippen molar-refractivity contribution in [3.8, 4) is 0 Å². The zero-order valence-corrected chi connectivity index (χ0v) is 17.5. The lowest BCUT2D eigenvalue weighted by atomic mass is 10.1. The van der Waals surface area contributed by atoms with Gasteiger partial charge >= 0.3 is 0 Å². The smallest absolute Gasteiger partial charge is 0.230 e. The number of amides is 1. The van der Waals surface area contributed by atoms with Crippen LogP contribution in [-0.2, 0) is 4.79 Å². The Bertz CT molecular complexity index is 954. The van der Waals surface area contributed by atoms with E-state index >= 15 is 0 Å². The number of halogens is 1. The monoisotopic (exact) mass is 405 g/mol. The molecule has 0 saturated carbocycles. The van der Waals surface area contributed by atoms with Crippen molar-refractivity contribution < 1.29 is 4.79 Å². The van der Waals surface area contributed by atoms with Crippen LogP contribution in [0, 0.1) is 20.8 Å². The van der Waals surface area contributed by atoms with Crippen molar-refractivity contribution in [2.24, 2.45) is 0 Å². The van der Waals surface area contributed by atoms with Gasteiger partial charge in [0.2, 0.25) is 5.91 Å². The Morgan fingerprint density at radius 2 is 1.92 bits per heavy atom. The van der Waals surface area contributed by atoms with Crippen LogP contribution in [0.1, 0.15) is 34.8 Å². The lowest BCUT2D eigenvalue weighted by molar-refractivity contribution is -0.119. The molecule has 1 amide bonds. The van der Waals surface area contributed by atoms with Crippen molar-refractivity contribution in [3.05, 3.63) is 51.1 Å².